The summed E-state index contributed by atoms with van der Waals surface area (Å²) >= 11 is 0. The Morgan fingerprint density at radius 2 is 1.44 bits per heavy atom. The van der Waals surface area contributed by atoms with Crippen LogP contribution in [-0.2, 0) is 0 Å². The van der Waals surface area contributed by atoms with Crippen LogP contribution in [0.5, 0.6) is 5.75 Å². The SMILES string of the molecule is O=[N+]([O-])c1c(F)cc(F)cc1F.O=c1oc2ccccc2c(O)c1[N+](=O)[O-]. The van der Waals surface area contributed by atoms with E-state index in [9.17, 15) is 43.3 Å². The maximum Gasteiger partial charge on any atom is 0.419 e. The molecule has 9 nitrogen and oxygen atoms in total. The Hall–Kier alpha value is -3.96. The largest absolute Gasteiger partial charge is 0.501 e. The quantitative estimate of drug-likeness (QED) is 0.406. The number of fused-ring (bicyclic) bond motifs is 1. The molecular formula is C15H7F3N2O7. The van der Waals surface area contributed by atoms with Crippen LogP contribution in [0.2, 0.25) is 0 Å². The van der Waals surface area contributed by atoms with Crippen LogP contribution in [0, 0.1) is 37.7 Å². The van der Waals surface area contributed by atoms with Crippen LogP contribution in [0.3, 0.4) is 0 Å². The van der Waals surface area contributed by atoms with E-state index in [0.717, 1.165) is 0 Å². The van der Waals surface area contributed by atoms with E-state index in [1.54, 1.807) is 12.1 Å². The smallest absolute Gasteiger partial charge is 0.419 e. The highest BCUT2D eigenvalue weighted by Gasteiger charge is 2.24. The summed E-state index contributed by atoms with van der Waals surface area (Å²) in [5, 5.41) is 30.1. The molecule has 0 aliphatic heterocycles. The summed E-state index contributed by atoms with van der Waals surface area (Å²) in [4.78, 5) is 29.3. The van der Waals surface area contributed by atoms with E-state index in [0.29, 0.717) is 0 Å². The minimum atomic E-state index is -1.52. The Morgan fingerprint density at radius 1 is 0.926 bits per heavy atom. The Morgan fingerprint density at radius 3 is 1.96 bits per heavy atom. The first kappa shape index (κ1) is 19.4. The van der Waals surface area contributed by atoms with Crippen molar-refractivity contribution in [3.8, 4) is 5.75 Å². The fraction of sp³-hybridized carbons (Fsp3) is 0. The summed E-state index contributed by atoms with van der Waals surface area (Å²) in [5.74, 6) is -4.88. The van der Waals surface area contributed by atoms with Gasteiger partial charge in [0.1, 0.15) is 11.4 Å². The summed E-state index contributed by atoms with van der Waals surface area (Å²) < 4.78 is 41.7. The molecule has 3 aromatic rings. The van der Waals surface area contributed by atoms with Gasteiger partial charge in [-0.2, -0.15) is 8.78 Å². The van der Waals surface area contributed by atoms with Crippen molar-refractivity contribution in [2.45, 2.75) is 0 Å². The highest BCUT2D eigenvalue weighted by Crippen LogP contribution is 2.30. The Labute approximate surface area is 146 Å². The highest BCUT2D eigenvalue weighted by atomic mass is 19.1. The topological polar surface area (TPSA) is 137 Å². The third-order valence-corrected chi connectivity index (χ3v) is 3.11. The lowest BCUT2D eigenvalue weighted by Gasteiger charge is -1.98. The Kier molecular flexibility index (Phi) is 5.39. The molecule has 1 aromatic heterocycles. The number of rotatable bonds is 2. The van der Waals surface area contributed by atoms with Gasteiger partial charge in [0.25, 0.3) is 0 Å². The van der Waals surface area contributed by atoms with Crippen molar-refractivity contribution in [2.75, 3.05) is 0 Å². The average molecular weight is 384 g/mol. The lowest BCUT2D eigenvalue weighted by atomic mass is 10.2. The van der Waals surface area contributed by atoms with Gasteiger partial charge in [0, 0.05) is 12.1 Å². The number of hydrogen-bond acceptors (Lipinski definition) is 7. The Balaban J connectivity index is 0.000000199. The second-order valence-electron chi connectivity index (χ2n) is 4.82. The normalized spacial score (nSPS) is 10.2. The molecule has 12 heteroatoms. The van der Waals surface area contributed by atoms with Crippen LogP contribution in [-0.4, -0.2) is 15.0 Å². The molecule has 1 N–H and O–H groups in total. The van der Waals surface area contributed by atoms with Gasteiger partial charge >= 0.3 is 17.0 Å². The van der Waals surface area contributed by atoms with Crippen molar-refractivity contribution in [3.63, 3.8) is 0 Å². The lowest BCUT2D eigenvalue weighted by Crippen LogP contribution is -2.06. The summed E-state index contributed by atoms with van der Waals surface area (Å²) in [5.41, 5.74) is -3.31. The monoisotopic (exact) mass is 384 g/mol. The first-order valence-corrected chi connectivity index (χ1v) is 6.81. The molecule has 0 spiro atoms. The van der Waals surface area contributed by atoms with Crippen molar-refractivity contribution in [2.24, 2.45) is 0 Å². The standard InChI is InChI=1S/C9H5NO5.C6H2F3NO2/c11-8-5-3-1-2-4-6(5)15-9(12)7(8)10(13)14;7-3-1-4(8)6(10(11)12)5(9)2-3/h1-4,11H;1-2H. The van der Waals surface area contributed by atoms with Crippen molar-refractivity contribution in [3.05, 3.63) is 84.5 Å². The molecule has 3 rings (SSSR count). The molecule has 0 radical (unpaired) electrons. The maximum absolute atomic E-state index is 12.4. The Bertz CT molecular complexity index is 1090. The van der Waals surface area contributed by atoms with Crippen molar-refractivity contribution in [1.82, 2.24) is 0 Å². The number of nitrogens with zero attached hydrogens (tertiary/aromatic N) is 2. The number of halogens is 3. The molecule has 27 heavy (non-hydrogen) atoms. The third kappa shape index (κ3) is 4.00. The summed E-state index contributed by atoms with van der Waals surface area (Å²) in [6.45, 7) is 0. The second kappa shape index (κ2) is 7.51. The summed E-state index contributed by atoms with van der Waals surface area (Å²) in [6, 6.07) is 6.55. The van der Waals surface area contributed by atoms with Gasteiger partial charge in [-0.3, -0.25) is 20.2 Å². The molecule has 0 saturated heterocycles. The van der Waals surface area contributed by atoms with Gasteiger partial charge in [0.2, 0.25) is 17.4 Å². The number of para-hydroxylation sites is 1. The summed E-state index contributed by atoms with van der Waals surface area (Å²) in [6.07, 6.45) is 0. The van der Waals surface area contributed by atoms with Crippen LogP contribution in [0.4, 0.5) is 24.5 Å². The maximum atomic E-state index is 12.4. The van der Waals surface area contributed by atoms with Crippen LogP contribution in [0.15, 0.2) is 45.6 Å². The molecular weight excluding hydrogens is 377 g/mol. The zero-order valence-electron chi connectivity index (χ0n) is 12.9. The minimum Gasteiger partial charge on any atom is -0.501 e. The number of benzene rings is 2. The fourth-order valence-electron chi connectivity index (χ4n) is 1.99. The van der Waals surface area contributed by atoms with Crippen molar-refractivity contribution < 1.29 is 32.5 Å². The molecule has 0 unspecified atom stereocenters. The van der Waals surface area contributed by atoms with E-state index in [1.807, 2.05) is 0 Å². The van der Waals surface area contributed by atoms with Crippen molar-refractivity contribution in [1.29, 1.82) is 0 Å². The van der Waals surface area contributed by atoms with E-state index >= 15 is 0 Å². The molecule has 1 heterocycles. The zero-order chi connectivity index (χ0) is 20.3. The van der Waals surface area contributed by atoms with Gasteiger partial charge in [-0.05, 0) is 12.1 Å². The second-order valence-corrected chi connectivity index (χ2v) is 4.82. The van der Waals surface area contributed by atoms with Gasteiger partial charge in [-0.25, -0.2) is 9.18 Å². The first-order chi connectivity index (χ1) is 12.6. The molecule has 0 saturated carbocycles. The predicted octanol–water partition coefficient (Wildman–Crippen LogP) is 3.42. The highest BCUT2D eigenvalue weighted by molar-refractivity contribution is 5.86. The minimum absolute atomic E-state index is 0.116. The van der Waals surface area contributed by atoms with Gasteiger partial charge in [-0.15, -0.1) is 0 Å². The van der Waals surface area contributed by atoms with E-state index < -0.39 is 50.0 Å². The third-order valence-electron chi connectivity index (χ3n) is 3.11. The lowest BCUT2D eigenvalue weighted by molar-refractivity contribution is -0.390. The molecule has 0 amide bonds. The zero-order valence-corrected chi connectivity index (χ0v) is 12.9. The van der Waals surface area contributed by atoms with Gasteiger partial charge in [0.15, 0.2) is 0 Å². The van der Waals surface area contributed by atoms with Gasteiger partial charge < -0.3 is 9.52 Å². The predicted molar refractivity (Wildman–Crippen MR) is 83.8 cm³/mol. The van der Waals surface area contributed by atoms with Crippen LogP contribution >= 0.6 is 0 Å². The van der Waals surface area contributed by atoms with Crippen molar-refractivity contribution >= 4 is 22.3 Å². The average Bonchev–Trinajstić information content (AvgIpc) is 2.53. The van der Waals surface area contributed by atoms with E-state index in [2.05, 4.69) is 4.42 Å². The van der Waals surface area contributed by atoms with Crippen LogP contribution < -0.4 is 5.63 Å². The van der Waals surface area contributed by atoms with E-state index in [-0.39, 0.29) is 23.1 Å². The van der Waals surface area contributed by atoms with Gasteiger partial charge in [-0.1, -0.05) is 12.1 Å². The van der Waals surface area contributed by atoms with E-state index in [1.165, 1.54) is 12.1 Å². The molecule has 140 valence electrons. The molecule has 0 aliphatic rings. The molecule has 0 atom stereocenters. The number of aromatic hydroxyl groups is 1. The summed E-state index contributed by atoms with van der Waals surface area (Å²) in [7, 11) is 0. The number of nitro groups is 2. The molecule has 0 fully saturated rings. The van der Waals surface area contributed by atoms with Crippen LogP contribution in [0.25, 0.3) is 11.0 Å². The molecule has 2 aromatic carbocycles. The number of hydrogen-bond donors (Lipinski definition) is 1. The first-order valence-electron chi connectivity index (χ1n) is 6.81. The molecule has 0 aliphatic carbocycles. The van der Waals surface area contributed by atoms with Crippen LogP contribution in [0.1, 0.15) is 0 Å². The van der Waals surface area contributed by atoms with E-state index in [4.69, 9.17) is 0 Å². The van der Waals surface area contributed by atoms with Gasteiger partial charge in [0.05, 0.1) is 15.2 Å². The molecule has 0 bridgehead atoms. The fourth-order valence-corrected chi connectivity index (χ4v) is 1.99. The number of nitro benzene ring substituents is 1.